The van der Waals surface area contributed by atoms with E-state index in [9.17, 15) is 4.79 Å². The smallest absolute Gasteiger partial charge is 0.228 e. The van der Waals surface area contributed by atoms with Crippen LogP contribution in [-0.2, 0) is 4.79 Å². The number of rotatable bonds is 3. The summed E-state index contributed by atoms with van der Waals surface area (Å²) in [5.41, 5.74) is 7.05. The molecule has 3 N–H and O–H groups in total. The Balaban J connectivity index is 2.21. The second-order valence-corrected chi connectivity index (χ2v) is 5.68. The van der Waals surface area contributed by atoms with Gasteiger partial charge >= 0.3 is 0 Å². The molecule has 1 amide bonds. The van der Waals surface area contributed by atoms with Crippen molar-refractivity contribution >= 4 is 39.7 Å². The van der Waals surface area contributed by atoms with Gasteiger partial charge in [-0.1, -0.05) is 42.9 Å². The van der Waals surface area contributed by atoms with E-state index in [1.807, 2.05) is 19.9 Å². The Kier molecular flexibility index (Phi) is 4.01. The summed E-state index contributed by atoms with van der Waals surface area (Å²) in [5, 5.41) is 12.3. The minimum absolute atomic E-state index is 0.0849. The SMILES string of the molecule is CC(C)C(=O)Nc1nnc(-c2ccc(Cl)c(N)c2)s1. The fourth-order valence-corrected chi connectivity index (χ4v) is 2.18. The van der Waals surface area contributed by atoms with E-state index in [4.69, 9.17) is 17.3 Å². The van der Waals surface area contributed by atoms with E-state index >= 15 is 0 Å². The van der Waals surface area contributed by atoms with Crippen molar-refractivity contribution in [2.75, 3.05) is 11.1 Å². The maximum absolute atomic E-state index is 11.5. The lowest BCUT2D eigenvalue weighted by Crippen LogP contribution is -2.17. The molecule has 1 aromatic heterocycles. The van der Waals surface area contributed by atoms with Crippen molar-refractivity contribution < 1.29 is 4.79 Å². The minimum Gasteiger partial charge on any atom is -0.398 e. The molecule has 19 heavy (non-hydrogen) atoms. The molecule has 0 aliphatic carbocycles. The number of carbonyl (C=O) groups is 1. The van der Waals surface area contributed by atoms with Gasteiger partial charge < -0.3 is 11.1 Å². The molecule has 7 heteroatoms. The Morgan fingerprint density at radius 2 is 2.16 bits per heavy atom. The Labute approximate surface area is 119 Å². The van der Waals surface area contributed by atoms with Crippen LogP contribution in [0, 0.1) is 5.92 Å². The van der Waals surface area contributed by atoms with Gasteiger partial charge in [-0.05, 0) is 12.1 Å². The molecule has 0 spiro atoms. The highest BCUT2D eigenvalue weighted by molar-refractivity contribution is 7.18. The van der Waals surface area contributed by atoms with Gasteiger partial charge in [-0.15, -0.1) is 10.2 Å². The maximum Gasteiger partial charge on any atom is 0.228 e. The standard InChI is InChI=1S/C12H13ClN4OS/c1-6(2)10(18)15-12-17-16-11(19-12)7-3-4-8(13)9(14)5-7/h3-6H,14H2,1-2H3,(H,15,17,18). The molecule has 0 radical (unpaired) electrons. The monoisotopic (exact) mass is 296 g/mol. The predicted molar refractivity (Wildman–Crippen MR) is 78.2 cm³/mol. The Morgan fingerprint density at radius 3 is 2.79 bits per heavy atom. The number of aromatic nitrogens is 2. The molecular weight excluding hydrogens is 284 g/mol. The molecule has 0 unspecified atom stereocenters. The third-order valence-electron chi connectivity index (χ3n) is 2.42. The molecule has 5 nitrogen and oxygen atoms in total. The summed E-state index contributed by atoms with van der Waals surface area (Å²) in [6.45, 7) is 3.63. The maximum atomic E-state index is 11.5. The Morgan fingerprint density at radius 1 is 1.42 bits per heavy atom. The van der Waals surface area contributed by atoms with Crippen molar-refractivity contribution in [2.24, 2.45) is 5.92 Å². The van der Waals surface area contributed by atoms with Gasteiger partial charge in [0.05, 0.1) is 10.7 Å². The zero-order chi connectivity index (χ0) is 14.0. The normalized spacial score (nSPS) is 10.7. The number of carbonyl (C=O) groups excluding carboxylic acids is 1. The number of anilines is 2. The summed E-state index contributed by atoms with van der Waals surface area (Å²) in [7, 11) is 0. The summed E-state index contributed by atoms with van der Waals surface area (Å²) in [4.78, 5) is 11.5. The number of nitrogen functional groups attached to an aromatic ring is 1. The number of amides is 1. The van der Waals surface area contributed by atoms with E-state index in [0.717, 1.165) is 5.56 Å². The Bertz CT molecular complexity index is 612. The first-order chi connectivity index (χ1) is 8.97. The second kappa shape index (κ2) is 5.54. The largest absolute Gasteiger partial charge is 0.398 e. The number of hydrogen-bond donors (Lipinski definition) is 2. The van der Waals surface area contributed by atoms with Crippen LogP contribution in [0.3, 0.4) is 0 Å². The van der Waals surface area contributed by atoms with Crippen LogP contribution >= 0.6 is 22.9 Å². The van der Waals surface area contributed by atoms with Gasteiger partial charge in [-0.2, -0.15) is 0 Å². The first-order valence-electron chi connectivity index (χ1n) is 5.67. The number of nitrogens with zero attached hydrogens (tertiary/aromatic N) is 2. The van der Waals surface area contributed by atoms with E-state index in [2.05, 4.69) is 15.5 Å². The van der Waals surface area contributed by atoms with Crippen molar-refractivity contribution in [1.82, 2.24) is 10.2 Å². The van der Waals surface area contributed by atoms with Gasteiger partial charge in [-0.25, -0.2) is 0 Å². The highest BCUT2D eigenvalue weighted by Crippen LogP contribution is 2.30. The minimum atomic E-state index is -0.0986. The first kappa shape index (κ1) is 13.8. The fraction of sp³-hybridized carbons (Fsp3) is 0.250. The Hall–Kier alpha value is -1.66. The lowest BCUT2D eigenvalue weighted by Gasteiger charge is -2.02. The van der Waals surface area contributed by atoms with E-state index in [-0.39, 0.29) is 11.8 Å². The highest BCUT2D eigenvalue weighted by atomic mass is 35.5. The van der Waals surface area contributed by atoms with Crippen molar-refractivity contribution in [1.29, 1.82) is 0 Å². The molecule has 0 aliphatic rings. The zero-order valence-electron chi connectivity index (χ0n) is 10.5. The molecule has 0 saturated carbocycles. The van der Waals surface area contributed by atoms with Gasteiger partial charge in [0.15, 0.2) is 0 Å². The molecule has 0 fully saturated rings. The summed E-state index contributed by atoms with van der Waals surface area (Å²) < 4.78 is 0. The summed E-state index contributed by atoms with van der Waals surface area (Å²) >= 11 is 7.16. The molecule has 1 aromatic carbocycles. The van der Waals surface area contributed by atoms with Gasteiger partial charge in [0.25, 0.3) is 0 Å². The van der Waals surface area contributed by atoms with Gasteiger partial charge in [0.1, 0.15) is 5.01 Å². The van der Waals surface area contributed by atoms with Gasteiger partial charge in [0, 0.05) is 11.5 Å². The molecule has 1 heterocycles. The third-order valence-corrected chi connectivity index (χ3v) is 3.65. The van der Waals surface area contributed by atoms with E-state index in [1.165, 1.54) is 11.3 Å². The number of benzene rings is 1. The molecule has 2 rings (SSSR count). The van der Waals surface area contributed by atoms with Crippen molar-refractivity contribution in [3.63, 3.8) is 0 Å². The molecular formula is C12H13ClN4OS. The molecule has 2 aromatic rings. The van der Waals surface area contributed by atoms with Crippen molar-refractivity contribution in [3.05, 3.63) is 23.2 Å². The van der Waals surface area contributed by atoms with E-state index < -0.39 is 0 Å². The topological polar surface area (TPSA) is 80.9 Å². The summed E-state index contributed by atoms with van der Waals surface area (Å²) in [5.74, 6) is -0.183. The molecule has 100 valence electrons. The average molecular weight is 297 g/mol. The van der Waals surface area contributed by atoms with Crippen LogP contribution in [0.2, 0.25) is 5.02 Å². The number of hydrogen-bond acceptors (Lipinski definition) is 5. The summed E-state index contributed by atoms with van der Waals surface area (Å²) in [6.07, 6.45) is 0. The average Bonchev–Trinajstić information content (AvgIpc) is 2.81. The van der Waals surface area contributed by atoms with Gasteiger partial charge in [-0.3, -0.25) is 4.79 Å². The molecule has 0 saturated heterocycles. The summed E-state index contributed by atoms with van der Waals surface area (Å²) in [6, 6.07) is 5.25. The lowest BCUT2D eigenvalue weighted by molar-refractivity contribution is -0.118. The molecule has 0 atom stereocenters. The van der Waals surface area contributed by atoms with Crippen molar-refractivity contribution in [3.8, 4) is 10.6 Å². The molecule has 0 bridgehead atoms. The van der Waals surface area contributed by atoms with Crippen LogP contribution in [0.25, 0.3) is 10.6 Å². The zero-order valence-corrected chi connectivity index (χ0v) is 12.0. The first-order valence-corrected chi connectivity index (χ1v) is 6.86. The number of halogens is 1. The van der Waals surface area contributed by atoms with Crippen LogP contribution in [0.15, 0.2) is 18.2 Å². The van der Waals surface area contributed by atoms with E-state index in [0.29, 0.717) is 20.8 Å². The number of nitrogens with two attached hydrogens (primary N) is 1. The quantitative estimate of drug-likeness (QED) is 0.853. The third kappa shape index (κ3) is 3.21. The highest BCUT2D eigenvalue weighted by Gasteiger charge is 2.12. The van der Waals surface area contributed by atoms with Crippen LogP contribution < -0.4 is 11.1 Å². The predicted octanol–water partition coefficient (Wildman–Crippen LogP) is 3.04. The van der Waals surface area contributed by atoms with Crippen LogP contribution in [-0.4, -0.2) is 16.1 Å². The van der Waals surface area contributed by atoms with Gasteiger partial charge in [0.2, 0.25) is 11.0 Å². The van der Waals surface area contributed by atoms with Crippen LogP contribution in [0.1, 0.15) is 13.8 Å². The molecule has 0 aliphatic heterocycles. The lowest BCUT2D eigenvalue weighted by atomic mass is 10.2. The second-order valence-electron chi connectivity index (χ2n) is 4.29. The number of nitrogens with one attached hydrogen (secondary N) is 1. The van der Waals surface area contributed by atoms with Crippen molar-refractivity contribution in [2.45, 2.75) is 13.8 Å². The van der Waals surface area contributed by atoms with Crippen LogP contribution in [0.5, 0.6) is 0 Å². The van der Waals surface area contributed by atoms with E-state index in [1.54, 1.807) is 12.1 Å². The van der Waals surface area contributed by atoms with Crippen LogP contribution in [0.4, 0.5) is 10.8 Å². The fourth-order valence-electron chi connectivity index (χ4n) is 1.32.